The number of nitro benzene ring substituents is 1. The molecule has 1 N–H and O–H groups in total. The SMILES string of the molecule is O=C([O-])c1ccccc1C(=O)Nc1cccc([N+](=O)[O-])c1. The van der Waals surface area contributed by atoms with E-state index < -0.39 is 16.8 Å². The number of nitro groups is 1. The summed E-state index contributed by atoms with van der Waals surface area (Å²) in [6.07, 6.45) is 0. The van der Waals surface area contributed by atoms with Crippen LogP contribution in [0.25, 0.3) is 0 Å². The largest absolute Gasteiger partial charge is 0.545 e. The summed E-state index contributed by atoms with van der Waals surface area (Å²) in [5.74, 6) is -2.16. The minimum Gasteiger partial charge on any atom is -0.545 e. The van der Waals surface area contributed by atoms with Crippen LogP contribution in [0.1, 0.15) is 20.7 Å². The van der Waals surface area contributed by atoms with Gasteiger partial charge < -0.3 is 15.2 Å². The fourth-order valence-corrected chi connectivity index (χ4v) is 1.75. The number of carbonyl (C=O) groups excluding carboxylic acids is 2. The molecule has 0 unspecified atom stereocenters. The summed E-state index contributed by atoms with van der Waals surface area (Å²) >= 11 is 0. The quantitative estimate of drug-likeness (QED) is 0.670. The van der Waals surface area contributed by atoms with E-state index in [0.29, 0.717) is 0 Å². The van der Waals surface area contributed by atoms with Gasteiger partial charge in [-0.05, 0) is 12.1 Å². The Morgan fingerprint density at radius 1 is 1.00 bits per heavy atom. The van der Waals surface area contributed by atoms with Crippen molar-refractivity contribution in [3.05, 3.63) is 69.8 Å². The Morgan fingerprint density at radius 2 is 1.67 bits per heavy atom. The normalized spacial score (nSPS) is 9.90. The molecule has 0 saturated carbocycles. The molecule has 0 heterocycles. The van der Waals surface area contributed by atoms with Crippen molar-refractivity contribution in [1.82, 2.24) is 0 Å². The van der Waals surface area contributed by atoms with Gasteiger partial charge in [-0.25, -0.2) is 0 Å². The maximum absolute atomic E-state index is 12.0. The molecule has 0 fully saturated rings. The van der Waals surface area contributed by atoms with E-state index in [4.69, 9.17) is 0 Å². The summed E-state index contributed by atoms with van der Waals surface area (Å²) < 4.78 is 0. The zero-order valence-corrected chi connectivity index (χ0v) is 10.6. The van der Waals surface area contributed by atoms with E-state index >= 15 is 0 Å². The monoisotopic (exact) mass is 285 g/mol. The van der Waals surface area contributed by atoms with Crippen LogP contribution in [-0.2, 0) is 0 Å². The molecule has 106 valence electrons. The lowest BCUT2D eigenvalue weighted by Crippen LogP contribution is -2.26. The fourth-order valence-electron chi connectivity index (χ4n) is 1.75. The maximum atomic E-state index is 12.0. The number of carboxylic acids is 1. The van der Waals surface area contributed by atoms with E-state index in [2.05, 4.69) is 5.32 Å². The first-order chi connectivity index (χ1) is 9.99. The molecule has 0 atom stereocenters. The first-order valence-corrected chi connectivity index (χ1v) is 5.85. The highest BCUT2D eigenvalue weighted by Gasteiger charge is 2.13. The average molecular weight is 285 g/mol. The van der Waals surface area contributed by atoms with Crippen LogP contribution in [0, 0.1) is 10.1 Å². The molecule has 2 aromatic rings. The van der Waals surface area contributed by atoms with Crippen LogP contribution >= 0.6 is 0 Å². The van der Waals surface area contributed by atoms with Gasteiger partial charge in [-0.3, -0.25) is 14.9 Å². The summed E-state index contributed by atoms with van der Waals surface area (Å²) in [6, 6.07) is 10.9. The van der Waals surface area contributed by atoms with Crippen molar-refractivity contribution in [2.45, 2.75) is 0 Å². The number of hydrogen-bond donors (Lipinski definition) is 1. The zero-order valence-electron chi connectivity index (χ0n) is 10.6. The van der Waals surface area contributed by atoms with Crippen LogP contribution in [-0.4, -0.2) is 16.8 Å². The number of amides is 1. The van der Waals surface area contributed by atoms with Crippen LogP contribution in [0.3, 0.4) is 0 Å². The Morgan fingerprint density at radius 3 is 2.29 bits per heavy atom. The molecule has 0 spiro atoms. The number of anilines is 1. The first kappa shape index (κ1) is 14.2. The third kappa shape index (κ3) is 3.21. The lowest BCUT2D eigenvalue weighted by atomic mass is 10.1. The van der Waals surface area contributed by atoms with Gasteiger partial charge in [0.1, 0.15) is 0 Å². The number of carbonyl (C=O) groups is 2. The van der Waals surface area contributed by atoms with Gasteiger partial charge >= 0.3 is 0 Å². The molecule has 0 aliphatic heterocycles. The minimum absolute atomic E-state index is 0.0796. The molecule has 0 radical (unpaired) electrons. The van der Waals surface area contributed by atoms with E-state index in [0.717, 1.165) is 0 Å². The molecule has 2 aromatic carbocycles. The predicted octanol–water partition coefficient (Wildman–Crippen LogP) is 1.21. The number of nitrogens with zero attached hydrogens (tertiary/aromatic N) is 1. The van der Waals surface area contributed by atoms with Gasteiger partial charge in [-0.1, -0.05) is 24.3 Å². The highest BCUT2D eigenvalue weighted by molar-refractivity contribution is 6.10. The van der Waals surface area contributed by atoms with E-state index in [9.17, 15) is 24.8 Å². The molecule has 1 amide bonds. The lowest BCUT2D eigenvalue weighted by Gasteiger charge is -2.10. The Hall–Kier alpha value is -3.22. The first-order valence-electron chi connectivity index (χ1n) is 5.85. The molecular weight excluding hydrogens is 276 g/mol. The second kappa shape index (κ2) is 5.83. The summed E-state index contributed by atoms with van der Waals surface area (Å²) in [5.41, 5.74) is -0.312. The van der Waals surface area contributed by atoms with Crippen molar-refractivity contribution in [3.8, 4) is 0 Å². The van der Waals surface area contributed by atoms with Crippen molar-refractivity contribution in [2.24, 2.45) is 0 Å². The molecule has 0 aromatic heterocycles. The van der Waals surface area contributed by atoms with Crippen LogP contribution in [0.4, 0.5) is 11.4 Å². The molecule has 0 aliphatic rings. The number of carboxylic acid groups (broad SMARTS) is 1. The van der Waals surface area contributed by atoms with Crippen molar-refractivity contribution in [2.75, 3.05) is 5.32 Å². The highest BCUT2D eigenvalue weighted by atomic mass is 16.6. The van der Waals surface area contributed by atoms with Crippen LogP contribution in [0.15, 0.2) is 48.5 Å². The second-order valence-corrected chi connectivity index (χ2v) is 4.09. The van der Waals surface area contributed by atoms with Gasteiger partial charge in [0.25, 0.3) is 11.6 Å². The molecule has 0 bridgehead atoms. The number of hydrogen-bond acceptors (Lipinski definition) is 5. The van der Waals surface area contributed by atoms with Crippen molar-refractivity contribution < 1.29 is 19.6 Å². The Kier molecular flexibility index (Phi) is 3.94. The fraction of sp³-hybridized carbons (Fsp3) is 0. The van der Waals surface area contributed by atoms with Gasteiger partial charge in [0.05, 0.1) is 10.9 Å². The van der Waals surface area contributed by atoms with E-state index in [1.54, 1.807) is 0 Å². The summed E-state index contributed by atoms with van der Waals surface area (Å²) in [5, 5.41) is 24.0. The average Bonchev–Trinajstić information content (AvgIpc) is 2.47. The van der Waals surface area contributed by atoms with Crippen LogP contribution in [0.2, 0.25) is 0 Å². The Balaban J connectivity index is 2.28. The smallest absolute Gasteiger partial charge is 0.271 e. The topological polar surface area (TPSA) is 112 Å². The van der Waals surface area contributed by atoms with E-state index in [1.165, 1.54) is 48.5 Å². The third-order valence-corrected chi connectivity index (χ3v) is 2.71. The zero-order chi connectivity index (χ0) is 15.4. The third-order valence-electron chi connectivity index (χ3n) is 2.71. The second-order valence-electron chi connectivity index (χ2n) is 4.09. The van der Waals surface area contributed by atoms with Crippen molar-refractivity contribution >= 4 is 23.3 Å². The number of aromatic carboxylic acids is 1. The molecule has 2 rings (SSSR count). The molecular formula is C14H9N2O5-. The minimum atomic E-state index is -1.47. The number of nitrogens with one attached hydrogen (secondary N) is 1. The van der Waals surface area contributed by atoms with Gasteiger partial charge in [0.2, 0.25) is 0 Å². The molecule has 0 saturated heterocycles. The van der Waals surface area contributed by atoms with Gasteiger partial charge in [-0.2, -0.15) is 0 Å². The summed E-state index contributed by atoms with van der Waals surface area (Å²) in [6.45, 7) is 0. The van der Waals surface area contributed by atoms with Gasteiger partial charge in [-0.15, -0.1) is 0 Å². The van der Waals surface area contributed by atoms with E-state index in [1.807, 2.05) is 0 Å². The van der Waals surface area contributed by atoms with Crippen LogP contribution < -0.4 is 10.4 Å². The van der Waals surface area contributed by atoms with Crippen molar-refractivity contribution in [3.63, 3.8) is 0 Å². The number of rotatable bonds is 4. The Bertz CT molecular complexity index is 727. The van der Waals surface area contributed by atoms with Gasteiger partial charge in [0, 0.05) is 28.9 Å². The predicted molar refractivity (Wildman–Crippen MR) is 71.8 cm³/mol. The molecule has 0 aliphatic carbocycles. The van der Waals surface area contributed by atoms with E-state index in [-0.39, 0.29) is 22.5 Å². The molecule has 7 heteroatoms. The molecule has 7 nitrogen and oxygen atoms in total. The highest BCUT2D eigenvalue weighted by Crippen LogP contribution is 2.18. The maximum Gasteiger partial charge on any atom is 0.271 e. The van der Waals surface area contributed by atoms with Gasteiger partial charge in [0.15, 0.2) is 0 Å². The number of benzene rings is 2. The van der Waals surface area contributed by atoms with Crippen molar-refractivity contribution in [1.29, 1.82) is 0 Å². The summed E-state index contributed by atoms with van der Waals surface area (Å²) in [4.78, 5) is 33.1. The molecule has 21 heavy (non-hydrogen) atoms. The lowest BCUT2D eigenvalue weighted by molar-refractivity contribution is -0.384. The number of non-ortho nitro benzene ring substituents is 1. The standard InChI is InChI=1S/C14H10N2O5/c17-13(11-6-1-2-7-12(11)14(18)19)15-9-4-3-5-10(8-9)16(20)21/h1-8H,(H,15,17)(H,18,19)/p-1. The van der Waals surface area contributed by atoms with Crippen LogP contribution in [0.5, 0.6) is 0 Å². The summed E-state index contributed by atoms with van der Waals surface area (Å²) in [7, 11) is 0. The Labute approximate surface area is 119 Å².